The summed E-state index contributed by atoms with van der Waals surface area (Å²) in [6, 6.07) is 7.40. The minimum atomic E-state index is -0.123. The molecular formula is C19H25N5O3. The maximum Gasteiger partial charge on any atom is 0.321 e. The Morgan fingerprint density at radius 3 is 2.33 bits per heavy atom. The number of ether oxygens (including phenoxy) is 2. The number of amides is 2. The first kappa shape index (κ1) is 18.8. The number of rotatable bonds is 5. The van der Waals surface area contributed by atoms with Crippen molar-refractivity contribution >= 4 is 17.5 Å². The van der Waals surface area contributed by atoms with E-state index in [1.54, 1.807) is 38.7 Å². The Morgan fingerprint density at radius 1 is 1.07 bits per heavy atom. The lowest BCUT2D eigenvalue weighted by Crippen LogP contribution is -2.44. The van der Waals surface area contributed by atoms with Crippen LogP contribution in [0.5, 0.6) is 11.5 Å². The summed E-state index contributed by atoms with van der Waals surface area (Å²) >= 11 is 0. The quantitative estimate of drug-likeness (QED) is 0.840. The Balaban J connectivity index is 1.54. The van der Waals surface area contributed by atoms with Gasteiger partial charge in [0.25, 0.3) is 0 Å². The summed E-state index contributed by atoms with van der Waals surface area (Å²) in [4.78, 5) is 22.7. The summed E-state index contributed by atoms with van der Waals surface area (Å²) in [5.41, 5.74) is 1.57. The van der Waals surface area contributed by atoms with Crippen LogP contribution >= 0.6 is 0 Å². The first-order chi connectivity index (χ1) is 13.1. The molecule has 0 radical (unpaired) electrons. The van der Waals surface area contributed by atoms with Crippen molar-refractivity contribution in [2.24, 2.45) is 0 Å². The Kier molecular flexibility index (Phi) is 5.95. The number of anilines is 2. The molecule has 27 heavy (non-hydrogen) atoms. The standard InChI is InChI=1S/C19H25N5O3/c1-13-8-18(21-12-20-13)22-14-4-6-24(7-5-14)19(25)23-15-9-16(26-2)11-17(10-15)27-3/h8-12,14H,4-7H2,1-3H3,(H,23,25)(H,20,21,22). The molecule has 0 bridgehead atoms. The van der Waals surface area contributed by atoms with Crippen molar-refractivity contribution in [2.75, 3.05) is 37.9 Å². The Bertz CT molecular complexity index is 768. The van der Waals surface area contributed by atoms with Gasteiger partial charge in [-0.15, -0.1) is 0 Å². The van der Waals surface area contributed by atoms with Crippen LogP contribution in [0.2, 0.25) is 0 Å². The van der Waals surface area contributed by atoms with Crippen molar-refractivity contribution < 1.29 is 14.3 Å². The van der Waals surface area contributed by atoms with Crippen molar-refractivity contribution in [2.45, 2.75) is 25.8 Å². The average molecular weight is 371 g/mol. The number of carbonyl (C=O) groups is 1. The highest BCUT2D eigenvalue weighted by Crippen LogP contribution is 2.26. The maximum atomic E-state index is 12.6. The van der Waals surface area contributed by atoms with E-state index in [1.807, 2.05) is 17.9 Å². The van der Waals surface area contributed by atoms with Crippen LogP contribution in [0, 0.1) is 6.92 Å². The van der Waals surface area contributed by atoms with E-state index in [4.69, 9.17) is 9.47 Å². The third-order valence-electron chi connectivity index (χ3n) is 4.54. The first-order valence-corrected chi connectivity index (χ1v) is 8.91. The Labute approximate surface area is 158 Å². The fourth-order valence-electron chi connectivity index (χ4n) is 3.05. The van der Waals surface area contributed by atoms with Crippen molar-refractivity contribution in [1.82, 2.24) is 14.9 Å². The van der Waals surface area contributed by atoms with E-state index in [9.17, 15) is 4.79 Å². The lowest BCUT2D eigenvalue weighted by Gasteiger charge is -2.32. The zero-order valence-electron chi connectivity index (χ0n) is 15.9. The molecule has 1 aromatic carbocycles. The molecule has 1 aromatic heterocycles. The molecule has 1 fully saturated rings. The fourth-order valence-corrected chi connectivity index (χ4v) is 3.05. The van der Waals surface area contributed by atoms with Gasteiger partial charge < -0.3 is 25.0 Å². The Morgan fingerprint density at radius 2 is 1.74 bits per heavy atom. The summed E-state index contributed by atoms with van der Waals surface area (Å²) in [6.07, 6.45) is 3.28. The molecule has 1 saturated heterocycles. The topological polar surface area (TPSA) is 88.6 Å². The van der Waals surface area contributed by atoms with Gasteiger partial charge in [-0.1, -0.05) is 0 Å². The largest absolute Gasteiger partial charge is 0.497 e. The third-order valence-corrected chi connectivity index (χ3v) is 4.54. The molecule has 144 valence electrons. The normalized spacial score (nSPS) is 14.6. The molecule has 0 unspecified atom stereocenters. The zero-order valence-corrected chi connectivity index (χ0v) is 15.9. The van der Waals surface area contributed by atoms with E-state index in [0.717, 1.165) is 24.4 Å². The Hall–Kier alpha value is -3.03. The van der Waals surface area contributed by atoms with Gasteiger partial charge in [0.15, 0.2) is 0 Å². The summed E-state index contributed by atoms with van der Waals surface area (Å²) in [5, 5.41) is 6.34. The van der Waals surface area contributed by atoms with Gasteiger partial charge in [-0.3, -0.25) is 0 Å². The number of hydrogen-bond donors (Lipinski definition) is 2. The predicted molar refractivity (Wildman–Crippen MR) is 104 cm³/mol. The lowest BCUT2D eigenvalue weighted by molar-refractivity contribution is 0.197. The van der Waals surface area contributed by atoms with Gasteiger partial charge >= 0.3 is 6.03 Å². The van der Waals surface area contributed by atoms with E-state index in [0.29, 0.717) is 36.3 Å². The second-order valence-corrected chi connectivity index (χ2v) is 6.48. The van der Waals surface area contributed by atoms with Gasteiger partial charge in [-0.2, -0.15) is 0 Å². The van der Waals surface area contributed by atoms with Gasteiger partial charge in [-0.05, 0) is 19.8 Å². The van der Waals surface area contributed by atoms with Gasteiger partial charge in [0, 0.05) is 54.8 Å². The highest BCUT2D eigenvalue weighted by atomic mass is 16.5. The third kappa shape index (κ3) is 4.99. The minimum absolute atomic E-state index is 0.123. The number of urea groups is 1. The van der Waals surface area contributed by atoms with E-state index >= 15 is 0 Å². The number of piperidine rings is 1. The molecule has 2 amide bonds. The molecule has 2 N–H and O–H groups in total. The fraction of sp³-hybridized carbons (Fsp3) is 0.421. The SMILES string of the molecule is COc1cc(NC(=O)N2CCC(Nc3cc(C)ncn3)CC2)cc(OC)c1. The number of aromatic nitrogens is 2. The molecule has 1 aliphatic rings. The molecule has 8 heteroatoms. The molecule has 0 spiro atoms. The molecule has 2 aromatic rings. The van der Waals surface area contributed by atoms with Gasteiger partial charge in [0.1, 0.15) is 23.6 Å². The molecule has 0 atom stereocenters. The van der Waals surface area contributed by atoms with Crippen molar-refractivity contribution in [1.29, 1.82) is 0 Å². The highest BCUT2D eigenvalue weighted by molar-refractivity contribution is 5.90. The van der Waals surface area contributed by atoms with Gasteiger partial charge in [0.2, 0.25) is 0 Å². The second-order valence-electron chi connectivity index (χ2n) is 6.48. The van der Waals surface area contributed by atoms with Crippen LogP contribution < -0.4 is 20.1 Å². The van der Waals surface area contributed by atoms with Gasteiger partial charge in [0.05, 0.1) is 14.2 Å². The van der Waals surface area contributed by atoms with Crippen LogP contribution in [-0.4, -0.2) is 54.2 Å². The molecule has 0 aliphatic carbocycles. The number of likely N-dealkylation sites (tertiary alicyclic amines) is 1. The van der Waals surface area contributed by atoms with E-state index in [-0.39, 0.29) is 6.03 Å². The van der Waals surface area contributed by atoms with Gasteiger partial charge in [-0.25, -0.2) is 14.8 Å². The first-order valence-electron chi connectivity index (χ1n) is 8.91. The number of carbonyl (C=O) groups excluding carboxylic acids is 1. The monoisotopic (exact) mass is 371 g/mol. The smallest absolute Gasteiger partial charge is 0.321 e. The van der Waals surface area contributed by atoms with Crippen LogP contribution in [0.15, 0.2) is 30.6 Å². The van der Waals surface area contributed by atoms with Crippen molar-refractivity contribution in [3.63, 3.8) is 0 Å². The molecule has 0 saturated carbocycles. The van der Waals surface area contributed by atoms with Crippen LogP contribution in [0.1, 0.15) is 18.5 Å². The number of benzene rings is 1. The minimum Gasteiger partial charge on any atom is -0.497 e. The highest BCUT2D eigenvalue weighted by Gasteiger charge is 2.23. The summed E-state index contributed by atoms with van der Waals surface area (Å²) < 4.78 is 10.5. The molecule has 2 heterocycles. The van der Waals surface area contributed by atoms with E-state index in [1.165, 1.54) is 0 Å². The van der Waals surface area contributed by atoms with Crippen molar-refractivity contribution in [3.05, 3.63) is 36.3 Å². The average Bonchev–Trinajstić information content (AvgIpc) is 2.68. The van der Waals surface area contributed by atoms with Crippen LogP contribution in [0.3, 0.4) is 0 Å². The molecule has 1 aliphatic heterocycles. The van der Waals surface area contributed by atoms with E-state index < -0.39 is 0 Å². The number of aryl methyl sites for hydroxylation is 1. The lowest BCUT2D eigenvalue weighted by atomic mass is 10.1. The molecule has 3 rings (SSSR count). The van der Waals surface area contributed by atoms with E-state index in [2.05, 4.69) is 20.6 Å². The summed E-state index contributed by atoms with van der Waals surface area (Å²) in [7, 11) is 3.16. The predicted octanol–water partition coefficient (Wildman–Crippen LogP) is 2.91. The van der Waals surface area contributed by atoms with Crippen LogP contribution in [0.4, 0.5) is 16.3 Å². The number of methoxy groups -OCH3 is 2. The van der Waals surface area contributed by atoms with Crippen LogP contribution in [0.25, 0.3) is 0 Å². The summed E-state index contributed by atoms with van der Waals surface area (Å²) in [5.74, 6) is 2.09. The summed E-state index contributed by atoms with van der Waals surface area (Å²) in [6.45, 7) is 3.29. The maximum absolute atomic E-state index is 12.6. The number of nitrogens with zero attached hydrogens (tertiary/aromatic N) is 3. The van der Waals surface area contributed by atoms with Crippen LogP contribution in [-0.2, 0) is 0 Å². The molecule has 8 nitrogen and oxygen atoms in total. The zero-order chi connectivity index (χ0) is 19.2. The number of hydrogen-bond acceptors (Lipinski definition) is 6. The second kappa shape index (κ2) is 8.57. The number of nitrogens with one attached hydrogen (secondary N) is 2. The molecular weight excluding hydrogens is 346 g/mol. The van der Waals surface area contributed by atoms with Crippen molar-refractivity contribution in [3.8, 4) is 11.5 Å².